The van der Waals surface area contributed by atoms with Gasteiger partial charge in [0.2, 0.25) is 5.88 Å². The Morgan fingerprint density at radius 1 is 1.34 bits per heavy atom. The zero-order valence-corrected chi connectivity index (χ0v) is 18.0. The fraction of sp³-hybridized carbons (Fsp3) is 0.368. The van der Waals surface area contributed by atoms with E-state index >= 15 is 0 Å². The number of carboxylic acids is 1. The zero-order valence-electron chi connectivity index (χ0n) is 15.4. The molecule has 158 valence electrons. The first-order valence-corrected chi connectivity index (χ1v) is 9.86. The number of thiol groups is 2. The molecule has 3 rings (SSSR count). The maximum Gasteiger partial charge on any atom is 0.320 e. The van der Waals surface area contributed by atoms with E-state index in [0.29, 0.717) is 24.6 Å². The van der Waals surface area contributed by atoms with Crippen LogP contribution in [0.4, 0.5) is 4.39 Å². The van der Waals surface area contributed by atoms with Gasteiger partial charge in [0.1, 0.15) is 17.6 Å². The largest absolute Gasteiger partial charge is 0.480 e. The van der Waals surface area contributed by atoms with Gasteiger partial charge in [0, 0.05) is 18.8 Å². The van der Waals surface area contributed by atoms with Gasteiger partial charge in [-0.15, -0.1) is 12.4 Å². The Kier molecular flexibility index (Phi) is 8.59. The number of halogens is 2. The van der Waals surface area contributed by atoms with Crippen LogP contribution >= 0.6 is 37.7 Å². The smallest absolute Gasteiger partial charge is 0.320 e. The van der Waals surface area contributed by atoms with E-state index in [4.69, 9.17) is 28.2 Å². The summed E-state index contributed by atoms with van der Waals surface area (Å²) >= 11 is 9.32. The number of benzene rings is 1. The molecule has 1 aliphatic heterocycles. The molecule has 10 heteroatoms. The van der Waals surface area contributed by atoms with E-state index in [9.17, 15) is 9.18 Å². The zero-order chi connectivity index (χ0) is 20.3. The molecule has 0 bridgehead atoms. The highest BCUT2D eigenvalue weighted by atomic mass is 35.5. The minimum absolute atomic E-state index is 0. The number of aromatic nitrogens is 1. The van der Waals surface area contributed by atoms with Gasteiger partial charge in [-0.2, -0.15) is 25.3 Å². The van der Waals surface area contributed by atoms with Crippen molar-refractivity contribution in [2.75, 3.05) is 6.54 Å². The molecule has 0 amide bonds. The Balaban J connectivity index is 0.00000300. The van der Waals surface area contributed by atoms with Crippen molar-refractivity contribution in [2.45, 2.75) is 29.6 Å². The Hall–Kier alpha value is -1.52. The second-order valence-electron chi connectivity index (χ2n) is 6.82. The molecule has 29 heavy (non-hydrogen) atoms. The molecular formula is C19H23ClFN3O3S2. The molecule has 0 radical (unpaired) electrons. The summed E-state index contributed by atoms with van der Waals surface area (Å²) in [7, 11) is 0. The fourth-order valence-electron chi connectivity index (χ4n) is 3.24. The van der Waals surface area contributed by atoms with Crippen LogP contribution in [-0.2, 0) is 4.79 Å². The van der Waals surface area contributed by atoms with Crippen molar-refractivity contribution < 1.29 is 19.0 Å². The van der Waals surface area contributed by atoms with Crippen LogP contribution in [0.2, 0.25) is 0 Å². The maximum atomic E-state index is 13.0. The van der Waals surface area contributed by atoms with E-state index in [1.807, 2.05) is 6.07 Å². The third kappa shape index (κ3) is 6.23. The van der Waals surface area contributed by atoms with Crippen LogP contribution in [-0.4, -0.2) is 38.9 Å². The van der Waals surface area contributed by atoms with Crippen LogP contribution in [0.1, 0.15) is 23.8 Å². The molecule has 4 atom stereocenters. The number of carboxylic acid groups (broad SMARTS) is 1. The second-order valence-corrected chi connectivity index (χ2v) is 7.90. The van der Waals surface area contributed by atoms with E-state index in [0.717, 1.165) is 12.0 Å². The van der Waals surface area contributed by atoms with Gasteiger partial charge in [0.25, 0.3) is 0 Å². The molecule has 1 aliphatic rings. The fourth-order valence-corrected chi connectivity index (χ4v) is 4.28. The summed E-state index contributed by atoms with van der Waals surface area (Å²) in [6.07, 6.45) is 2.83. The van der Waals surface area contributed by atoms with Gasteiger partial charge < -0.3 is 15.6 Å². The van der Waals surface area contributed by atoms with Crippen molar-refractivity contribution in [3.05, 3.63) is 54.0 Å². The number of pyridine rings is 1. The summed E-state index contributed by atoms with van der Waals surface area (Å²) in [5.74, 6) is -0.278. The minimum atomic E-state index is -0.988. The highest BCUT2D eigenvalue weighted by molar-refractivity contribution is 7.81. The normalized spacial score (nSPS) is 21.2. The summed E-state index contributed by atoms with van der Waals surface area (Å²) in [4.78, 5) is 17.4. The number of nitrogens with two attached hydrogens (primary N) is 1. The number of carbonyl (C=O) groups is 1. The number of hydrogen-bond donors (Lipinski definition) is 4. The monoisotopic (exact) mass is 459 g/mol. The standard InChI is InChI=1S/C19H22FN3O3S2.ClH/c20-13-2-4-14(5-3-13)26-16-6-1-12(9-22-16)18(28)23-10-11(8-17(23)27)7-15(21)19(24)25;/h1-6,9,11,15,17-18,27-28H,7-8,10,21H2,(H,24,25);1H/t11-,15-,17?,18?;/m1./s1. The number of nitrogens with zero attached hydrogens (tertiary/aromatic N) is 2. The van der Waals surface area contributed by atoms with Crippen LogP contribution in [0.3, 0.4) is 0 Å². The summed E-state index contributed by atoms with van der Waals surface area (Å²) in [6, 6.07) is 8.42. The summed E-state index contributed by atoms with van der Waals surface area (Å²) < 4.78 is 18.6. The maximum absolute atomic E-state index is 13.0. The molecule has 2 aromatic rings. The second kappa shape index (κ2) is 10.5. The topological polar surface area (TPSA) is 88.7 Å². The van der Waals surface area contributed by atoms with Crippen LogP contribution in [0.15, 0.2) is 42.6 Å². The lowest BCUT2D eigenvalue weighted by molar-refractivity contribution is -0.138. The Morgan fingerprint density at radius 2 is 2.03 bits per heavy atom. The molecule has 1 saturated heterocycles. The third-order valence-electron chi connectivity index (χ3n) is 4.71. The molecule has 1 fully saturated rings. The first-order valence-electron chi connectivity index (χ1n) is 8.83. The first kappa shape index (κ1) is 23.8. The molecule has 0 saturated carbocycles. The quantitative estimate of drug-likeness (QED) is 0.472. The minimum Gasteiger partial charge on any atom is -0.480 e. The van der Waals surface area contributed by atoms with Gasteiger partial charge in [-0.1, -0.05) is 0 Å². The molecular weight excluding hydrogens is 437 g/mol. The highest BCUT2D eigenvalue weighted by Crippen LogP contribution is 2.37. The number of rotatable bonds is 7. The Labute approximate surface area is 185 Å². The van der Waals surface area contributed by atoms with E-state index in [-0.39, 0.29) is 34.9 Å². The molecule has 1 aromatic carbocycles. The van der Waals surface area contributed by atoms with Gasteiger partial charge in [-0.25, -0.2) is 9.37 Å². The van der Waals surface area contributed by atoms with Crippen molar-refractivity contribution in [3.63, 3.8) is 0 Å². The number of aliphatic carboxylic acids is 1. The number of ether oxygens (including phenoxy) is 1. The van der Waals surface area contributed by atoms with Crippen LogP contribution in [0.25, 0.3) is 0 Å². The van der Waals surface area contributed by atoms with Gasteiger partial charge in [0.05, 0.1) is 10.7 Å². The molecule has 1 aromatic heterocycles. The van der Waals surface area contributed by atoms with Crippen molar-refractivity contribution in [2.24, 2.45) is 11.7 Å². The molecule has 3 N–H and O–H groups in total. The van der Waals surface area contributed by atoms with E-state index < -0.39 is 12.0 Å². The van der Waals surface area contributed by atoms with Gasteiger partial charge in [-0.05, 0) is 54.7 Å². The number of likely N-dealkylation sites (tertiary alicyclic amines) is 1. The van der Waals surface area contributed by atoms with Crippen LogP contribution in [0, 0.1) is 11.7 Å². The van der Waals surface area contributed by atoms with Crippen LogP contribution in [0.5, 0.6) is 11.6 Å². The van der Waals surface area contributed by atoms with E-state index in [1.165, 1.54) is 24.3 Å². The lowest BCUT2D eigenvalue weighted by Crippen LogP contribution is -2.33. The first-order chi connectivity index (χ1) is 13.3. The predicted molar refractivity (Wildman–Crippen MR) is 118 cm³/mol. The molecule has 2 unspecified atom stereocenters. The Bertz CT molecular complexity index is 813. The lowest BCUT2D eigenvalue weighted by Gasteiger charge is -2.27. The summed E-state index contributed by atoms with van der Waals surface area (Å²) in [6.45, 7) is 0.664. The van der Waals surface area contributed by atoms with Crippen LogP contribution < -0.4 is 10.5 Å². The predicted octanol–water partition coefficient (Wildman–Crippen LogP) is 3.74. The Morgan fingerprint density at radius 3 is 2.62 bits per heavy atom. The average Bonchev–Trinajstić information content (AvgIpc) is 3.03. The van der Waals surface area contributed by atoms with Crippen molar-refractivity contribution in [1.29, 1.82) is 0 Å². The van der Waals surface area contributed by atoms with Gasteiger partial charge in [0.15, 0.2) is 0 Å². The third-order valence-corrected chi connectivity index (χ3v) is 5.81. The molecule has 0 aliphatic carbocycles. The molecule has 0 spiro atoms. The molecule has 2 heterocycles. The summed E-state index contributed by atoms with van der Waals surface area (Å²) in [5, 5.41) is 8.72. The lowest BCUT2D eigenvalue weighted by atomic mass is 10.00. The van der Waals surface area contributed by atoms with Gasteiger partial charge >= 0.3 is 5.97 Å². The highest BCUT2D eigenvalue weighted by Gasteiger charge is 2.35. The SMILES string of the molecule is Cl.N[C@H](C[C@@H]1CC(S)N(C(S)c2ccc(Oc3ccc(F)cc3)nc2)C1)C(=O)O. The molecule has 6 nitrogen and oxygen atoms in total. The van der Waals surface area contributed by atoms with Crippen molar-refractivity contribution in [3.8, 4) is 11.6 Å². The van der Waals surface area contributed by atoms with Gasteiger partial charge in [-0.3, -0.25) is 9.69 Å². The number of hydrogen-bond acceptors (Lipinski definition) is 7. The van der Waals surface area contributed by atoms with E-state index in [1.54, 1.807) is 12.3 Å². The van der Waals surface area contributed by atoms with Crippen molar-refractivity contribution in [1.82, 2.24) is 9.88 Å². The van der Waals surface area contributed by atoms with E-state index in [2.05, 4.69) is 22.5 Å². The van der Waals surface area contributed by atoms with Crippen molar-refractivity contribution >= 4 is 43.6 Å². The summed E-state index contributed by atoms with van der Waals surface area (Å²) in [5.41, 5.74) is 6.53. The average molecular weight is 460 g/mol.